The number of rotatable bonds is 2. The van der Waals surface area contributed by atoms with Gasteiger partial charge in [0, 0.05) is 30.8 Å². The monoisotopic (exact) mass is 275 g/mol. The molecule has 1 saturated heterocycles. The lowest BCUT2D eigenvalue weighted by Crippen LogP contribution is -2.45. The highest BCUT2D eigenvalue weighted by atomic mass is 16.2. The van der Waals surface area contributed by atoms with Crippen LogP contribution in [0.4, 0.5) is 0 Å². The first-order valence-electron chi connectivity index (χ1n) is 8.57. The summed E-state index contributed by atoms with van der Waals surface area (Å²) in [6, 6.07) is 0.247. The molecule has 0 radical (unpaired) electrons. The lowest BCUT2D eigenvalue weighted by molar-refractivity contribution is -0.139. The topological polar surface area (TPSA) is 37.4 Å². The van der Waals surface area contributed by atoms with E-state index in [1.807, 2.05) is 0 Å². The summed E-state index contributed by atoms with van der Waals surface area (Å²) in [6.07, 6.45) is 9.99. The Hall–Kier alpha value is -0.860. The molecule has 1 aliphatic heterocycles. The molecule has 0 aromatic carbocycles. The fraction of sp³-hybridized carbons (Fsp3) is 0.882. The predicted molar refractivity (Wildman–Crippen MR) is 76.0 cm³/mol. The molecule has 5 unspecified atom stereocenters. The average molecular weight is 275 g/mol. The maximum Gasteiger partial charge on any atom is 0.226 e. The smallest absolute Gasteiger partial charge is 0.226 e. The van der Waals surface area contributed by atoms with Crippen molar-refractivity contribution in [3.05, 3.63) is 0 Å². The van der Waals surface area contributed by atoms with Gasteiger partial charge in [-0.3, -0.25) is 9.59 Å². The molecule has 4 rings (SSSR count). The lowest BCUT2D eigenvalue weighted by atomic mass is 9.86. The molecule has 3 nitrogen and oxygen atoms in total. The number of likely N-dealkylation sites (tertiary alicyclic amines) is 1. The van der Waals surface area contributed by atoms with Crippen molar-refractivity contribution in [2.75, 3.05) is 6.54 Å². The van der Waals surface area contributed by atoms with E-state index in [2.05, 4.69) is 4.90 Å². The van der Waals surface area contributed by atoms with E-state index in [0.29, 0.717) is 23.5 Å². The van der Waals surface area contributed by atoms with Crippen molar-refractivity contribution in [2.45, 2.75) is 63.8 Å². The largest absolute Gasteiger partial charge is 0.339 e. The molecule has 5 atom stereocenters. The molecule has 1 amide bonds. The molecular formula is C17H25NO2. The van der Waals surface area contributed by atoms with Gasteiger partial charge in [0.15, 0.2) is 0 Å². The molecule has 3 saturated carbocycles. The first-order chi connectivity index (χ1) is 9.74. The van der Waals surface area contributed by atoms with Crippen LogP contribution in [0.15, 0.2) is 0 Å². The second-order valence-electron chi connectivity index (χ2n) is 7.49. The number of hydrogen-bond acceptors (Lipinski definition) is 2. The fourth-order valence-electron chi connectivity index (χ4n) is 5.49. The number of carbonyl (C=O) groups is 2. The lowest BCUT2D eigenvalue weighted by Gasteiger charge is -2.33. The van der Waals surface area contributed by atoms with Crippen LogP contribution in [-0.4, -0.2) is 29.2 Å². The number of ketones is 1. The van der Waals surface area contributed by atoms with Crippen LogP contribution in [0.2, 0.25) is 0 Å². The number of carbonyl (C=O) groups excluding carboxylic acids is 2. The van der Waals surface area contributed by atoms with Gasteiger partial charge < -0.3 is 4.90 Å². The Morgan fingerprint density at radius 1 is 1.05 bits per heavy atom. The SMILES string of the molecule is O=C1CCCC1C1CCCN1C(=O)C1CC2CCC1C2. The van der Waals surface area contributed by atoms with Crippen molar-refractivity contribution in [2.24, 2.45) is 23.7 Å². The van der Waals surface area contributed by atoms with Gasteiger partial charge in [0.1, 0.15) is 5.78 Å². The molecule has 0 N–H and O–H groups in total. The summed E-state index contributed by atoms with van der Waals surface area (Å²) < 4.78 is 0. The van der Waals surface area contributed by atoms with E-state index in [0.717, 1.165) is 51.0 Å². The van der Waals surface area contributed by atoms with Gasteiger partial charge in [-0.05, 0) is 56.8 Å². The third kappa shape index (κ3) is 1.93. The standard InChI is InChI=1S/C17H25NO2/c19-16-5-1-3-13(16)15-4-2-8-18(15)17(20)14-10-11-6-7-12(14)9-11/h11-15H,1-10H2. The summed E-state index contributed by atoms with van der Waals surface area (Å²) in [5, 5.41) is 0. The van der Waals surface area contributed by atoms with Crippen molar-refractivity contribution in [1.82, 2.24) is 4.90 Å². The third-order valence-electron chi connectivity index (χ3n) is 6.45. The summed E-state index contributed by atoms with van der Waals surface area (Å²) in [7, 11) is 0. The zero-order valence-electron chi connectivity index (χ0n) is 12.2. The van der Waals surface area contributed by atoms with E-state index in [-0.39, 0.29) is 12.0 Å². The summed E-state index contributed by atoms with van der Waals surface area (Å²) >= 11 is 0. The Morgan fingerprint density at radius 3 is 2.60 bits per heavy atom. The van der Waals surface area contributed by atoms with Crippen LogP contribution in [0.25, 0.3) is 0 Å². The van der Waals surface area contributed by atoms with E-state index >= 15 is 0 Å². The zero-order chi connectivity index (χ0) is 13.7. The molecule has 0 aromatic heterocycles. The molecule has 0 spiro atoms. The van der Waals surface area contributed by atoms with E-state index in [4.69, 9.17) is 0 Å². The minimum absolute atomic E-state index is 0.167. The minimum atomic E-state index is 0.167. The van der Waals surface area contributed by atoms with E-state index in [9.17, 15) is 9.59 Å². The Labute approximate surface area is 121 Å². The second-order valence-corrected chi connectivity index (χ2v) is 7.49. The zero-order valence-corrected chi connectivity index (χ0v) is 12.2. The first-order valence-corrected chi connectivity index (χ1v) is 8.57. The molecule has 3 heteroatoms. The van der Waals surface area contributed by atoms with Gasteiger partial charge in [-0.1, -0.05) is 6.42 Å². The Morgan fingerprint density at radius 2 is 1.95 bits per heavy atom. The predicted octanol–water partition coefficient (Wildman–Crippen LogP) is 2.78. The molecular weight excluding hydrogens is 250 g/mol. The van der Waals surface area contributed by atoms with Crippen LogP contribution in [0.5, 0.6) is 0 Å². The van der Waals surface area contributed by atoms with Gasteiger partial charge in [-0.2, -0.15) is 0 Å². The highest BCUT2D eigenvalue weighted by Gasteiger charge is 2.47. The average Bonchev–Trinajstić information content (AvgIpc) is 3.21. The normalized spacial score (nSPS) is 43.7. The van der Waals surface area contributed by atoms with Crippen LogP contribution in [0, 0.1) is 23.7 Å². The number of amides is 1. The number of nitrogens with zero attached hydrogens (tertiary/aromatic N) is 1. The second kappa shape index (κ2) is 4.85. The Kier molecular flexibility index (Phi) is 3.12. The molecule has 2 bridgehead atoms. The van der Waals surface area contributed by atoms with Crippen LogP contribution in [0.3, 0.4) is 0 Å². The van der Waals surface area contributed by atoms with Crippen molar-refractivity contribution in [3.8, 4) is 0 Å². The van der Waals surface area contributed by atoms with Gasteiger partial charge >= 0.3 is 0 Å². The summed E-state index contributed by atoms with van der Waals surface area (Å²) in [4.78, 5) is 27.1. The van der Waals surface area contributed by atoms with E-state index in [1.54, 1.807) is 0 Å². The Balaban J connectivity index is 1.49. The first kappa shape index (κ1) is 12.8. The Bertz CT molecular complexity index is 433. The van der Waals surface area contributed by atoms with Gasteiger partial charge in [-0.15, -0.1) is 0 Å². The summed E-state index contributed by atoms with van der Waals surface area (Å²) in [6.45, 7) is 0.904. The van der Waals surface area contributed by atoms with Crippen molar-refractivity contribution < 1.29 is 9.59 Å². The molecule has 1 heterocycles. The molecule has 110 valence electrons. The van der Waals surface area contributed by atoms with Crippen LogP contribution >= 0.6 is 0 Å². The summed E-state index contributed by atoms with van der Waals surface area (Å²) in [5.74, 6) is 2.77. The number of hydrogen-bond donors (Lipinski definition) is 0. The van der Waals surface area contributed by atoms with Gasteiger partial charge in [0.25, 0.3) is 0 Å². The van der Waals surface area contributed by atoms with E-state index < -0.39 is 0 Å². The highest BCUT2D eigenvalue weighted by molar-refractivity contribution is 5.85. The number of fused-ring (bicyclic) bond motifs is 2. The van der Waals surface area contributed by atoms with Crippen molar-refractivity contribution in [3.63, 3.8) is 0 Å². The van der Waals surface area contributed by atoms with Crippen LogP contribution in [-0.2, 0) is 9.59 Å². The van der Waals surface area contributed by atoms with Crippen LogP contribution in [0.1, 0.15) is 57.8 Å². The van der Waals surface area contributed by atoms with Crippen molar-refractivity contribution in [1.29, 1.82) is 0 Å². The number of Topliss-reactive ketones (excluding diaryl/α,β-unsaturated/α-hetero) is 1. The fourth-order valence-corrected chi connectivity index (χ4v) is 5.49. The summed E-state index contributed by atoms with van der Waals surface area (Å²) in [5.41, 5.74) is 0. The van der Waals surface area contributed by atoms with Gasteiger partial charge in [0.2, 0.25) is 5.91 Å². The quantitative estimate of drug-likeness (QED) is 0.777. The maximum atomic E-state index is 12.9. The highest BCUT2D eigenvalue weighted by Crippen LogP contribution is 2.49. The molecule has 20 heavy (non-hydrogen) atoms. The van der Waals surface area contributed by atoms with Gasteiger partial charge in [0.05, 0.1) is 0 Å². The van der Waals surface area contributed by atoms with Crippen LogP contribution < -0.4 is 0 Å². The third-order valence-corrected chi connectivity index (χ3v) is 6.45. The minimum Gasteiger partial charge on any atom is -0.339 e. The molecule has 4 fully saturated rings. The molecule has 4 aliphatic rings. The molecule has 3 aliphatic carbocycles. The molecule has 0 aromatic rings. The van der Waals surface area contributed by atoms with Crippen molar-refractivity contribution >= 4 is 11.7 Å². The van der Waals surface area contributed by atoms with Gasteiger partial charge in [-0.25, -0.2) is 0 Å². The van der Waals surface area contributed by atoms with E-state index in [1.165, 1.54) is 19.3 Å². The maximum absolute atomic E-state index is 12.9.